The fourth-order valence-electron chi connectivity index (χ4n) is 1.61. The van der Waals surface area contributed by atoms with Crippen LogP contribution >= 0.6 is 0 Å². The van der Waals surface area contributed by atoms with Crippen molar-refractivity contribution >= 4 is 0 Å². The molecule has 0 bridgehead atoms. The Morgan fingerprint density at radius 1 is 1.21 bits per heavy atom. The summed E-state index contributed by atoms with van der Waals surface area (Å²) in [6, 6.07) is 3.85. The first-order valence-corrected chi connectivity index (χ1v) is 5.11. The molecule has 1 aromatic carbocycles. The first-order valence-electron chi connectivity index (χ1n) is 5.11. The molecule has 1 aromatic rings. The Hall–Kier alpha value is -1.02. The highest BCUT2D eigenvalue weighted by atomic mass is 16.3. The summed E-state index contributed by atoms with van der Waals surface area (Å²) in [6.45, 7) is 4.24. The van der Waals surface area contributed by atoms with Gasteiger partial charge in [0.1, 0.15) is 5.75 Å². The van der Waals surface area contributed by atoms with Crippen LogP contribution in [0.3, 0.4) is 0 Å². The summed E-state index contributed by atoms with van der Waals surface area (Å²) >= 11 is 0. The number of rotatable bonds is 4. The van der Waals surface area contributed by atoms with Crippen molar-refractivity contribution in [2.45, 2.75) is 33.1 Å². The minimum absolute atomic E-state index is 0.224. The first-order chi connectivity index (χ1) is 6.69. The SMILES string of the molecule is CCc1cc(CCCO)c(C)cc1O. The number of aromatic hydroxyl groups is 1. The first kappa shape index (κ1) is 11.1. The zero-order valence-electron chi connectivity index (χ0n) is 8.88. The molecule has 2 nitrogen and oxygen atoms in total. The summed E-state index contributed by atoms with van der Waals surface area (Å²) in [5.74, 6) is 0.387. The predicted octanol–water partition coefficient (Wildman–Crippen LogP) is 2.19. The maximum Gasteiger partial charge on any atom is 0.119 e. The standard InChI is InChI=1S/C12H18O2/c1-3-10-8-11(5-4-6-13)9(2)7-12(10)14/h7-8,13-14H,3-6H2,1-2H3. The van der Waals surface area contributed by atoms with E-state index in [4.69, 9.17) is 5.11 Å². The van der Waals surface area contributed by atoms with Crippen molar-refractivity contribution in [1.29, 1.82) is 0 Å². The summed E-state index contributed by atoms with van der Waals surface area (Å²) in [4.78, 5) is 0. The van der Waals surface area contributed by atoms with Gasteiger partial charge in [0.2, 0.25) is 0 Å². The van der Waals surface area contributed by atoms with Crippen LogP contribution in [0.1, 0.15) is 30.0 Å². The van der Waals surface area contributed by atoms with E-state index in [0.717, 1.165) is 30.4 Å². The molecule has 0 saturated heterocycles. The smallest absolute Gasteiger partial charge is 0.119 e. The van der Waals surface area contributed by atoms with Gasteiger partial charge in [0.05, 0.1) is 0 Å². The van der Waals surface area contributed by atoms with Gasteiger partial charge in [0.15, 0.2) is 0 Å². The Labute approximate surface area is 85.2 Å². The lowest BCUT2D eigenvalue weighted by Gasteiger charge is -2.09. The van der Waals surface area contributed by atoms with E-state index in [1.54, 1.807) is 0 Å². The highest BCUT2D eigenvalue weighted by Crippen LogP contribution is 2.23. The van der Waals surface area contributed by atoms with Gasteiger partial charge >= 0.3 is 0 Å². The summed E-state index contributed by atoms with van der Waals surface area (Å²) in [5, 5.41) is 18.3. The maximum atomic E-state index is 9.59. The quantitative estimate of drug-likeness (QED) is 0.771. The van der Waals surface area contributed by atoms with Crippen LogP contribution in [0, 0.1) is 6.92 Å². The molecule has 0 atom stereocenters. The third kappa shape index (κ3) is 2.48. The van der Waals surface area contributed by atoms with E-state index in [1.165, 1.54) is 5.56 Å². The highest BCUT2D eigenvalue weighted by molar-refractivity contribution is 5.41. The number of aryl methyl sites for hydroxylation is 3. The Kier molecular flexibility index (Phi) is 3.96. The average molecular weight is 194 g/mol. The minimum atomic E-state index is 0.224. The van der Waals surface area contributed by atoms with Crippen LogP contribution in [0.15, 0.2) is 12.1 Å². The number of phenolic OH excluding ortho intramolecular Hbond substituents is 1. The molecule has 2 N–H and O–H groups in total. The van der Waals surface area contributed by atoms with Crippen molar-refractivity contribution in [3.05, 3.63) is 28.8 Å². The molecule has 0 amide bonds. The molecule has 14 heavy (non-hydrogen) atoms. The molecule has 0 aliphatic heterocycles. The van der Waals surface area contributed by atoms with Crippen molar-refractivity contribution < 1.29 is 10.2 Å². The van der Waals surface area contributed by atoms with E-state index in [0.29, 0.717) is 5.75 Å². The number of aliphatic hydroxyl groups is 1. The molecule has 0 unspecified atom stereocenters. The summed E-state index contributed by atoms with van der Waals surface area (Å²) in [5.41, 5.74) is 3.32. The van der Waals surface area contributed by atoms with Crippen LogP contribution in [0.4, 0.5) is 0 Å². The van der Waals surface area contributed by atoms with E-state index in [-0.39, 0.29) is 6.61 Å². The van der Waals surface area contributed by atoms with Gasteiger partial charge < -0.3 is 10.2 Å². The van der Waals surface area contributed by atoms with E-state index >= 15 is 0 Å². The molecule has 0 spiro atoms. The van der Waals surface area contributed by atoms with E-state index in [2.05, 4.69) is 0 Å². The van der Waals surface area contributed by atoms with Gasteiger partial charge in [-0.3, -0.25) is 0 Å². The molecule has 0 aliphatic rings. The summed E-state index contributed by atoms with van der Waals surface area (Å²) in [7, 11) is 0. The Morgan fingerprint density at radius 2 is 1.93 bits per heavy atom. The van der Waals surface area contributed by atoms with Crippen LogP contribution in [-0.4, -0.2) is 16.8 Å². The molecule has 1 rings (SSSR count). The number of hydrogen-bond acceptors (Lipinski definition) is 2. The summed E-state index contributed by atoms with van der Waals surface area (Å²) < 4.78 is 0. The van der Waals surface area contributed by atoms with Crippen molar-refractivity contribution in [2.75, 3.05) is 6.61 Å². The minimum Gasteiger partial charge on any atom is -0.508 e. The van der Waals surface area contributed by atoms with Crippen molar-refractivity contribution in [1.82, 2.24) is 0 Å². The number of aliphatic hydroxyl groups excluding tert-OH is 1. The van der Waals surface area contributed by atoms with Crippen LogP contribution in [0.2, 0.25) is 0 Å². The molecule has 0 aromatic heterocycles. The van der Waals surface area contributed by atoms with Gasteiger partial charge in [-0.2, -0.15) is 0 Å². The Morgan fingerprint density at radius 3 is 2.50 bits per heavy atom. The average Bonchev–Trinajstić information content (AvgIpc) is 2.17. The highest BCUT2D eigenvalue weighted by Gasteiger charge is 2.04. The van der Waals surface area contributed by atoms with E-state index < -0.39 is 0 Å². The largest absolute Gasteiger partial charge is 0.508 e. The molecule has 0 saturated carbocycles. The third-order valence-electron chi connectivity index (χ3n) is 2.52. The number of benzene rings is 1. The Bertz CT molecular complexity index is 305. The third-order valence-corrected chi connectivity index (χ3v) is 2.52. The molecule has 0 heterocycles. The molecule has 78 valence electrons. The van der Waals surface area contributed by atoms with Gasteiger partial charge in [-0.1, -0.05) is 13.0 Å². The molecule has 0 aliphatic carbocycles. The van der Waals surface area contributed by atoms with E-state index in [1.807, 2.05) is 26.0 Å². The second-order valence-corrected chi connectivity index (χ2v) is 3.59. The van der Waals surface area contributed by atoms with E-state index in [9.17, 15) is 5.11 Å². The predicted molar refractivity (Wildman–Crippen MR) is 57.6 cm³/mol. The molecular weight excluding hydrogens is 176 g/mol. The van der Waals surface area contributed by atoms with Crippen LogP contribution in [0.25, 0.3) is 0 Å². The lowest BCUT2D eigenvalue weighted by molar-refractivity contribution is 0.288. The lowest BCUT2D eigenvalue weighted by atomic mass is 9.99. The van der Waals surface area contributed by atoms with Crippen LogP contribution < -0.4 is 0 Å². The molecule has 0 radical (unpaired) electrons. The van der Waals surface area contributed by atoms with Gasteiger partial charge in [0.25, 0.3) is 0 Å². The van der Waals surface area contributed by atoms with Crippen LogP contribution in [-0.2, 0) is 12.8 Å². The Balaban J connectivity index is 2.92. The van der Waals surface area contributed by atoms with Gasteiger partial charge in [-0.25, -0.2) is 0 Å². The summed E-state index contributed by atoms with van der Waals surface area (Å²) in [6.07, 6.45) is 2.52. The zero-order valence-corrected chi connectivity index (χ0v) is 8.88. The molecule has 0 fully saturated rings. The molecule has 2 heteroatoms. The van der Waals surface area contributed by atoms with Gasteiger partial charge in [0, 0.05) is 6.61 Å². The van der Waals surface area contributed by atoms with Gasteiger partial charge in [-0.05, 0) is 48.9 Å². The zero-order chi connectivity index (χ0) is 10.6. The van der Waals surface area contributed by atoms with Crippen molar-refractivity contribution in [2.24, 2.45) is 0 Å². The fourth-order valence-corrected chi connectivity index (χ4v) is 1.61. The second-order valence-electron chi connectivity index (χ2n) is 3.59. The topological polar surface area (TPSA) is 40.5 Å². The van der Waals surface area contributed by atoms with Crippen molar-refractivity contribution in [3.63, 3.8) is 0 Å². The monoisotopic (exact) mass is 194 g/mol. The van der Waals surface area contributed by atoms with Crippen molar-refractivity contribution in [3.8, 4) is 5.75 Å². The lowest BCUT2D eigenvalue weighted by Crippen LogP contribution is -1.95. The second kappa shape index (κ2) is 5.01. The van der Waals surface area contributed by atoms with Crippen LogP contribution in [0.5, 0.6) is 5.75 Å². The molecular formula is C12H18O2. The maximum absolute atomic E-state index is 9.59. The fraction of sp³-hybridized carbons (Fsp3) is 0.500. The number of hydrogen-bond donors (Lipinski definition) is 2. The normalized spacial score (nSPS) is 10.5. The van der Waals surface area contributed by atoms with Gasteiger partial charge in [-0.15, -0.1) is 0 Å². The number of phenols is 1.